The van der Waals surface area contributed by atoms with Crippen LogP contribution in [0.3, 0.4) is 0 Å². The van der Waals surface area contributed by atoms with Crippen molar-refractivity contribution in [1.29, 1.82) is 0 Å². The first kappa shape index (κ1) is 13.7. The molecule has 2 atom stereocenters. The quantitative estimate of drug-likeness (QED) is 0.898. The second-order valence-corrected chi connectivity index (χ2v) is 5.86. The molecular formula is C15H23ClN2. The van der Waals surface area contributed by atoms with E-state index in [0.29, 0.717) is 6.04 Å². The standard InChI is InChI=1S/C15H23ClN2/c1-11-7-8-18(12(2)9-11)15-13(10-17-3)5-4-6-14(15)16/h4-6,11-12,17H,7-10H2,1-3H3. The van der Waals surface area contributed by atoms with Crippen molar-refractivity contribution in [2.24, 2.45) is 5.92 Å². The van der Waals surface area contributed by atoms with Crippen LogP contribution in [0.2, 0.25) is 5.02 Å². The molecule has 0 spiro atoms. The van der Waals surface area contributed by atoms with Gasteiger partial charge in [0, 0.05) is 19.1 Å². The zero-order chi connectivity index (χ0) is 13.1. The first-order chi connectivity index (χ1) is 8.63. The summed E-state index contributed by atoms with van der Waals surface area (Å²) in [5, 5.41) is 4.11. The summed E-state index contributed by atoms with van der Waals surface area (Å²) in [5.41, 5.74) is 2.53. The van der Waals surface area contributed by atoms with Gasteiger partial charge in [-0.25, -0.2) is 0 Å². The van der Waals surface area contributed by atoms with E-state index < -0.39 is 0 Å². The van der Waals surface area contributed by atoms with Crippen molar-refractivity contribution in [3.63, 3.8) is 0 Å². The lowest BCUT2D eigenvalue weighted by Crippen LogP contribution is -2.41. The third-order valence-electron chi connectivity index (χ3n) is 3.86. The highest BCUT2D eigenvalue weighted by molar-refractivity contribution is 6.33. The number of halogens is 1. The molecule has 0 radical (unpaired) electrons. The Morgan fingerprint density at radius 2 is 2.17 bits per heavy atom. The van der Waals surface area contributed by atoms with Gasteiger partial charge in [0.15, 0.2) is 0 Å². The fourth-order valence-electron chi connectivity index (χ4n) is 2.95. The fraction of sp³-hybridized carbons (Fsp3) is 0.600. The predicted molar refractivity (Wildman–Crippen MR) is 79.4 cm³/mol. The molecule has 0 saturated carbocycles. The molecular weight excluding hydrogens is 244 g/mol. The van der Waals surface area contributed by atoms with Crippen LogP contribution < -0.4 is 10.2 Å². The SMILES string of the molecule is CNCc1cccc(Cl)c1N1CCC(C)CC1C. The Balaban J connectivity index is 2.31. The zero-order valence-corrected chi connectivity index (χ0v) is 12.3. The van der Waals surface area contributed by atoms with Crippen LogP contribution in [0.5, 0.6) is 0 Å². The van der Waals surface area contributed by atoms with Gasteiger partial charge in [-0.1, -0.05) is 30.7 Å². The van der Waals surface area contributed by atoms with Crippen LogP contribution in [0.4, 0.5) is 5.69 Å². The molecule has 0 bridgehead atoms. The Kier molecular flexibility index (Phi) is 4.52. The van der Waals surface area contributed by atoms with Gasteiger partial charge in [0.2, 0.25) is 0 Å². The third kappa shape index (κ3) is 2.81. The van der Waals surface area contributed by atoms with Gasteiger partial charge in [0.05, 0.1) is 10.7 Å². The molecule has 0 aliphatic carbocycles. The Bertz CT molecular complexity index is 405. The van der Waals surface area contributed by atoms with E-state index in [0.717, 1.165) is 24.0 Å². The summed E-state index contributed by atoms with van der Waals surface area (Å²) in [5.74, 6) is 0.825. The van der Waals surface area contributed by atoms with Gasteiger partial charge >= 0.3 is 0 Å². The molecule has 1 aliphatic rings. The molecule has 2 rings (SSSR count). The van der Waals surface area contributed by atoms with E-state index in [1.807, 2.05) is 19.2 Å². The zero-order valence-electron chi connectivity index (χ0n) is 11.5. The number of piperidine rings is 1. The number of nitrogens with one attached hydrogen (secondary N) is 1. The Labute approximate surface area is 115 Å². The van der Waals surface area contributed by atoms with Gasteiger partial charge in [0.1, 0.15) is 0 Å². The number of benzene rings is 1. The predicted octanol–water partition coefficient (Wildman–Crippen LogP) is 3.68. The largest absolute Gasteiger partial charge is 0.367 e. The second-order valence-electron chi connectivity index (χ2n) is 5.45. The first-order valence-corrected chi connectivity index (χ1v) is 7.20. The van der Waals surface area contributed by atoms with Crippen molar-refractivity contribution in [1.82, 2.24) is 5.32 Å². The summed E-state index contributed by atoms with van der Waals surface area (Å²) in [6.07, 6.45) is 2.51. The molecule has 1 aliphatic heterocycles. The van der Waals surface area contributed by atoms with Gasteiger partial charge in [-0.05, 0) is 44.4 Å². The minimum Gasteiger partial charge on any atom is -0.367 e. The van der Waals surface area contributed by atoms with Gasteiger partial charge in [-0.2, -0.15) is 0 Å². The second kappa shape index (κ2) is 5.94. The lowest BCUT2D eigenvalue weighted by atomic mass is 9.92. The monoisotopic (exact) mass is 266 g/mol. The number of nitrogens with zero attached hydrogens (tertiary/aromatic N) is 1. The highest BCUT2D eigenvalue weighted by Gasteiger charge is 2.25. The minimum absolute atomic E-state index is 0.573. The van der Waals surface area contributed by atoms with Crippen molar-refractivity contribution in [2.45, 2.75) is 39.3 Å². The molecule has 1 N–H and O–H groups in total. The molecule has 100 valence electrons. The molecule has 3 heteroatoms. The third-order valence-corrected chi connectivity index (χ3v) is 4.17. The molecule has 1 aromatic carbocycles. The summed E-state index contributed by atoms with van der Waals surface area (Å²) < 4.78 is 0. The van der Waals surface area contributed by atoms with Crippen molar-refractivity contribution in [2.75, 3.05) is 18.5 Å². The molecule has 0 amide bonds. The summed E-state index contributed by atoms with van der Waals surface area (Å²) in [4.78, 5) is 2.48. The van der Waals surface area contributed by atoms with E-state index in [1.54, 1.807) is 0 Å². The van der Waals surface area contributed by atoms with Crippen molar-refractivity contribution < 1.29 is 0 Å². The molecule has 1 heterocycles. The lowest BCUT2D eigenvalue weighted by Gasteiger charge is -2.39. The van der Waals surface area contributed by atoms with Gasteiger partial charge < -0.3 is 10.2 Å². The van der Waals surface area contributed by atoms with Gasteiger partial charge in [-0.3, -0.25) is 0 Å². The molecule has 2 unspecified atom stereocenters. The molecule has 1 fully saturated rings. The van der Waals surface area contributed by atoms with Crippen molar-refractivity contribution in [3.05, 3.63) is 28.8 Å². The van der Waals surface area contributed by atoms with Gasteiger partial charge in [0.25, 0.3) is 0 Å². The highest BCUT2D eigenvalue weighted by atomic mass is 35.5. The Morgan fingerprint density at radius 3 is 2.83 bits per heavy atom. The smallest absolute Gasteiger partial charge is 0.0643 e. The molecule has 2 nitrogen and oxygen atoms in total. The summed E-state index contributed by atoms with van der Waals surface area (Å²) >= 11 is 6.43. The summed E-state index contributed by atoms with van der Waals surface area (Å²) in [6.45, 7) is 6.63. The van der Waals surface area contributed by atoms with Gasteiger partial charge in [-0.15, -0.1) is 0 Å². The minimum atomic E-state index is 0.573. The maximum absolute atomic E-state index is 6.43. The maximum atomic E-state index is 6.43. The van der Waals surface area contributed by atoms with Crippen LogP contribution in [0.15, 0.2) is 18.2 Å². The summed E-state index contributed by atoms with van der Waals surface area (Å²) in [7, 11) is 1.98. The van der Waals surface area contributed by atoms with Crippen molar-refractivity contribution >= 4 is 17.3 Å². The van der Waals surface area contributed by atoms with Crippen LogP contribution in [-0.2, 0) is 6.54 Å². The van der Waals surface area contributed by atoms with E-state index in [1.165, 1.54) is 24.1 Å². The Hall–Kier alpha value is -0.730. The average Bonchev–Trinajstić information content (AvgIpc) is 2.31. The van der Waals surface area contributed by atoms with E-state index in [-0.39, 0.29) is 0 Å². The normalized spacial score (nSPS) is 24.3. The van der Waals surface area contributed by atoms with Crippen LogP contribution >= 0.6 is 11.6 Å². The molecule has 1 aromatic rings. The van der Waals surface area contributed by atoms with E-state index in [4.69, 9.17) is 11.6 Å². The number of hydrogen-bond donors (Lipinski definition) is 1. The van der Waals surface area contributed by atoms with Crippen LogP contribution in [0.25, 0.3) is 0 Å². The van der Waals surface area contributed by atoms with Crippen LogP contribution in [0.1, 0.15) is 32.3 Å². The lowest BCUT2D eigenvalue weighted by molar-refractivity contribution is 0.377. The maximum Gasteiger partial charge on any atom is 0.0643 e. The number of para-hydroxylation sites is 1. The molecule has 0 aromatic heterocycles. The number of rotatable bonds is 3. The number of hydrogen-bond acceptors (Lipinski definition) is 2. The Morgan fingerprint density at radius 1 is 1.39 bits per heavy atom. The average molecular weight is 267 g/mol. The van der Waals surface area contributed by atoms with E-state index >= 15 is 0 Å². The highest BCUT2D eigenvalue weighted by Crippen LogP contribution is 2.35. The van der Waals surface area contributed by atoms with Crippen molar-refractivity contribution in [3.8, 4) is 0 Å². The van der Waals surface area contributed by atoms with E-state index in [9.17, 15) is 0 Å². The van der Waals surface area contributed by atoms with Crippen LogP contribution in [-0.4, -0.2) is 19.6 Å². The molecule has 1 saturated heterocycles. The number of anilines is 1. The summed E-state index contributed by atoms with van der Waals surface area (Å²) in [6, 6.07) is 6.78. The fourth-order valence-corrected chi connectivity index (χ4v) is 3.26. The first-order valence-electron chi connectivity index (χ1n) is 6.82. The topological polar surface area (TPSA) is 15.3 Å². The van der Waals surface area contributed by atoms with E-state index in [2.05, 4.69) is 30.1 Å². The molecule has 18 heavy (non-hydrogen) atoms. The van der Waals surface area contributed by atoms with Crippen LogP contribution in [0, 0.1) is 5.92 Å².